The molecule has 5 unspecified atom stereocenters. The van der Waals surface area contributed by atoms with E-state index in [1.165, 1.54) is 0 Å². The summed E-state index contributed by atoms with van der Waals surface area (Å²) in [5.74, 6) is -1.48. The van der Waals surface area contributed by atoms with Gasteiger partial charge in [0.1, 0.15) is 24.1 Å². The highest BCUT2D eigenvalue weighted by atomic mass is 16.7. The summed E-state index contributed by atoms with van der Waals surface area (Å²) >= 11 is 0. The van der Waals surface area contributed by atoms with Crippen molar-refractivity contribution in [2.75, 3.05) is 4.90 Å². The van der Waals surface area contributed by atoms with Crippen LogP contribution in [0, 0.1) is 10.8 Å². The highest BCUT2D eigenvalue weighted by molar-refractivity contribution is 6.06. The summed E-state index contributed by atoms with van der Waals surface area (Å²) < 4.78 is 12.1. The van der Waals surface area contributed by atoms with Crippen molar-refractivity contribution in [1.29, 1.82) is 0 Å². The summed E-state index contributed by atoms with van der Waals surface area (Å²) in [5.41, 5.74) is -0.0576. The van der Waals surface area contributed by atoms with Gasteiger partial charge in [-0.3, -0.25) is 4.79 Å². The Morgan fingerprint density at radius 3 is 2.14 bits per heavy atom. The number of hydrogen-bond acceptors (Lipinski definition) is 9. The zero-order chi connectivity index (χ0) is 35.4. The lowest BCUT2D eigenvalue weighted by molar-refractivity contribution is -0.328. The number of phenols is 1. The fourth-order valence-corrected chi connectivity index (χ4v) is 8.46. The molecular weight excluding hydrogens is 642 g/mol. The average molecular weight is 684 g/mol. The Kier molecular flexibility index (Phi) is 8.70. The molecule has 2 aliphatic heterocycles. The molecule has 1 amide bonds. The van der Waals surface area contributed by atoms with Crippen molar-refractivity contribution in [1.82, 2.24) is 0 Å². The number of allylic oxidation sites excluding steroid dienone is 2. The Morgan fingerprint density at radius 2 is 1.52 bits per heavy atom. The van der Waals surface area contributed by atoms with Crippen LogP contribution in [0.4, 0.5) is 5.69 Å². The zero-order valence-electron chi connectivity index (χ0n) is 27.4. The minimum absolute atomic E-state index is 0.0848. The lowest BCUT2D eigenvalue weighted by Gasteiger charge is -2.65. The quantitative estimate of drug-likeness (QED) is 0.202. The van der Waals surface area contributed by atoms with Crippen molar-refractivity contribution in [3.05, 3.63) is 114 Å². The standard InChI is InChI=1S/C39H41NO10/c1-37(16-15-24(22-28(37)42)23-9-8-14-27(41)21-23)35-38(36(48)40(35)26-12-6-3-7-13-26)17-19-39(20-18-38,25-10-4-2-5-11-25)50-34-31(45)29(43)30(44)32(49-34)33(46)47/h2-16,21-22,28-32,34-35,41-45H,17-20H2,1H3,(H,46,47)/t28?,29?,30-,31?,32?,34-,35+,37?,38?,39?/m0/s1. The molecule has 0 aromatic heterocycles. The van der Waals surface area contributed by atoms with Crippen molar-refractivity contribution in [3.63, 3.8) is 0 Å². The number of ether oxygens (including phenoxy) is 2. The number of carboxylic acids is 1. The molecule has 2 saturated heterocycles. The Morgan fingerprint density at radius 1 is 0.860 bits per heavy atom. The van der Waals surface area contributed by atoms with Gasteiger partial charge in [-0.25, -0.2) is 4.79 Å². The SMILES string of the molecule is CC1([C@H]2N(c3ccccc3)C(=O)C23CCC(O[C@@H]2OC(C(=O)O)[C@@H](O)C(O)C2O)(c2ccccc2)CC3)C=CC(c2cccc(O)c2)=CC1O. The predicted molar refractivity (Wildman–Crippen MR) is 181 cm³/mol. The van der Waals surface area contributed by atoms with Crippen LogP contribution in [0.5, 0.6) is 5.75 Å². The van der Waals surface area contributed by atoms with Crippen molar-refractivity contribution in [2.24, 2.45) is 10.8 Å². The minimum atomic E-state index is -1.86. The first-order chi connectivity index (χ1) is 23.9. The van der Waals surface area contributed by atoms with E-state index in [1.807, 2.05) is 85.8 Å². The van der Waals surface area contributed by atoms with E-state index >= 15 is 0 Å². The molecule has 0 bridgehead atoms. The molecule has 11 nitrogen and oxygen atoms in total. The third kappa shape index (κ3) is 5.45. The predicted octanol–water partition coefficient (Wildman–Crippen LogP) is 3.49. The first-order valence-electron chi connectivity index (χ1n) is 16.8. The molecular formula is C39H41NO10. The maximum atomic E-state index is 14.5. The number of carboxylic acid groups (broad SMARTS) is 1. The zero-order valence-corrected chi connectivity index (χ0v) is 27.4. The van der Waals surface area contributed by atoms with Crippen LogP contribution >= 0.6 is 0 Å². The van der Waals surface area contributed by atoms with E-state index in [1.54, 1.807) is 29.2 Å². The summed E-state index contributed by atoms with van der Waals surface area (Å²) in [5, 5.41) is 63.3. The number of aliphatic hydroxyl groups excluding tert-OH is 4. The normalized spacial score (nSPS) is 36.9. The van der Waals surface area contributed by atoms with E-state index < -0.39 is 65.3 Å². The van der Waals surface area contributed by atoms with Crippen molar-refractivity contribution in [2.45, 2.75) is 81.1 Å². The summed E-state index contributed by atoms with van der Waals surface area (Å²) in [6.45, 7) is 1.94. The summed E-state index contributed by atoms with van der Waals surface area (Å²) in [6.07, 6.45) is -3.01. The van der Waals surface area contributed by atoms with Gasteiger partial charge in [-0.15, -0.1) is 0 Å². The molecule has 50 heavy (non-hydrogen) atoms. The number of aliphatic hydroxyl groups is 4. The van der Waals surface area contributed by atoms with Crippen LogP contribution in [-0.2, 0) is 24.7 Å². The highest BCUT2D eigenvalue weighted by Crippen LogP contribution is 2.62. The molecule has 8 atom stereocenters. The van der Waals surface area contributed by atoms with Gasteiger partial charge in [0, 0.05) is 11.1 Å². The van der Waals surface area contributed by atoms with Gasteiger partial charge in [0.2, 0.25) is 5.91 Å². The largest absolute Gasteiger partial charge is 0.508 e. The molecule has 0 radical (unpaired) electrons. The average Bonchev–Trinajstić information content (AvgIpc) is 3.12. The second-order valence-electron chi connectivity index (χ2n) is 14.1. The number of hydrogen-bond donors (Lipinski definition) is 6. The number of carbonyl (C=O) groups excluding carboxylic acids is 1. The molecule has 1 spiro atoms. The molecule has 262 valence electrons. The maximum absolute atomic E-state index is 14.5. The first kappa shape index (κ1) is 34.1. The Hall–Kier alpha value is -4.36. The lowest BCUT2D eigenvalue weighted by Crippen LogP contribution is -2.76. The van der Waals surface area contributed by atoms with Gasteiger partial charge in [-0.05, 0) is 72.7 Å². The Labute approximate surface area is 289 Å². The van der Waals surface area contributed by atoms with Gasteiger partial charge < -0.3 is 45.0 Å². The van der Waals surface area contributed by atoms with E-state index in [9.17, 15) is 40.2 Å². The molecule has 6 N–H and O–H groups in total. The number of phenolic OH excluding ortho intramolecular Hbond substituents is 1. The van der Waals surface area contributed by atoms with E-state index in [0.717, 1.165) is 16.7 Å². The number of aliphatic carboxylic acids is 1. The molecule has 3 aromatic rings. The number of anilines is 1. The summed E-state index contributed by atoms with van der Waals surface area (Å²) in [7, 11) is 0. The molecule has 2 heterocycles. The number of aromatic hydroxyl groups is 1. The van der Waals surface area contributed by atoms with Gasteiger partial charge in [0.15, 0.2) is 12.4 Å². The lowest BCUT2D eigenvalue weighted by atomic mass is 9.50. The van der Waals surface area contributed by atoms with E-state index in [-0.39, 0.29) is 24.5 Å². The third-order valence-corrected chi connectivity index (χ3v) is 11.2. The first-order valence-corrected chi connectivity index (χ1v) is 16.8. The number of rotatable bonds is 7. The minimum Gasteiger partial charge on any atom is -0.508 e. The Balaban J connectivity index is 1.23. The summed E-state index contributed by atoms with van der Waals surface area (Å²) in [4.78, 5) is 28.1. The van der Waals surface area contributed by atoms with Crippen LogP contribution in [0.25, 0.3) is 5.57 Å². The summed E-state index contributed by atoms with van der Waals surface area (Å²) in [6, 6.07) is 24.9. The van der Waals surface area contributed by atoms with Gasteiger partial charge in [-0.2, -0.15) is 0 Å². The van der Waals surface area contributed by atoms with Crippen molar-refractivity contribution in [3.8, 4) is 5.75 Å². The second kappa shape index (κ2) is 12.8. The third-order valence-electron chi connectivity index (χ3n) is 11.2. The van der Waals surface area contributed by atoms with Gasteiger partial charge in [-0.1, -0.05) is 79.7 Å². The fraction of sp³-hybridized carbons (Fsp3) is 0.385. The van der Waals surface area contributed by atoms with Crippen LogP contribution in [0.2, 0.25) is 0 Å². The molecule has 2 aliphatic carbocycles. The number of β-lactam (4-membered cyclic amide) rings is 1. The fourth-order valence-electron chi connectivity index (χ4n) is 8.46. The van der Waals surface area contributed by atoms with Crippen LogP contribution in [0.15, 0.2) is 103 Å². The molecule has 11 heteroatoms. The Bertz CT molecular complexity index is 1800. The topological polar surface area (TPSA) is 177 Å². The smallest absolute Gasteiger partial charge is 0.335 e. The van der Waals surface area contributed by atoms with Crippen molar-refractivity contribution >= 4 is 23.1 Å². The highest BCUT2D eigenvalue weighted by Gasteiger charge is 2.69. The van der Waals surface area contributed by atoms with Gasteiger partial charge >= 0.3 is 5.97 Å². The number of para-hydroxylation sites is 1. The molecule has 1 saturated carbocycles. The van der Waals surface area contributed by atoms with E-state index in [0.29, 0.717) is 18.5 Å². The number of benzene rings is 3. The molecule has 3 aromatic carbocycles. The van der Waals surface area contributed by atoms with Crippen LogP contribution < -0.4 is 4.90 Å². The van der Waals surface area contributed by atoms with Crippen LogP contribution in [0.3, 0.4) is 0 Å². The monoisotopic (exact) mass is 683 g/mol. The van der Waals surface area contributed by atoms with E-state index in [2.05, 4.69) is 0 Å². The number of amides is 1. The molecule has 3 fully saturated rings. The van der Waals surface area contributed by atoms with Crippen LogP contribution in [-0.4, -0.2) is 85.4 Å². The van der Waals surface area contributed by atoms with Gasteiger partial charge in [0.05, 0.1) is 23.2 Å². The maximum Gasteiger partial charge on any atom is 0.335 e. The van der Waals surface area contributed by atoms with Gasteiger partial charge in [0.25, 0.3) is 0 Å². The number of nitrogens with zero attached hydrogens (tertiary/aromatic N) is 1. The number of carbonyl (C=O) groups is 2. The molecule has 7 rings (SSSR count). The van der Waals surface area contributed by atoms with Crippen molar-refractivity contribution < 1.29 is 49.7 Å². The second-order valence-corrected chi connectivity index (χ2v) is 14.1. The van der Waals surface area contributed by atoms with E-state index in [4.69, 9.17) is 9.47 Å². The molecule has 4 aliphatic rings. The van der Waals surface area contributed by atoms with Crippen LogP contribution in [0.1, 0.15) is 43.7 Å².